The molecule has 0 bridgehead atoms. The van der Waals surface area contributed by atoms with Gasteiger partial charge in [0.25, 0.3) is 5.91 Å². The fraction of sp³-hybridized carbons (Fsp3) is 0.391. The first-order valence-electron chi connectivity index (χ1n) is 10.2. The Balaban J connectivity index is 1.56. The molecule has 1 N–H and O–H groups in total. The molecule has 4 rings (SSSR count). The summed E-state index contributed by atoms with van der Waals surface area (Å²) in [6.45, 7) is 1.98. The summed E-state index contributed by atoms with van der Waals surface area (Å²) in [5, 5.41) is 12.0. The van der Waals surface area contributed by atoms with Crippen LogP contribution in [0.4, 0.5) is 0 Å². The van der Waals surface area contributed by atoms with Crippen LogP contribution in [0.1, 0.15) is 28.9 Å². The number of rotatable bonds is 7. The van der Waals surface area contributed by atoms with E-state index >= 15 is 0 Å². The predicted molar refractivity (Wildman–Crippen MR) is 120 cm³/mol. The molecule has 31 heavy (non-hydrogen) atoms. The van der Waals surface area contributed by atoms with Crippen LogP contribution in [0.5, 0.6) is 11.5 Å². The Bertz CT molecular complexity index is 1040. The van der Waals surface area contributed by atoms with Crippen molar-refractivity contribution in [2.45, 2.75) is 18.3 Å². The van der Waals surface area contributed by atoms with Gasteiger partial charge in [-0.1, -0.05) is 0 Å². The van der Waals surface area contributed by atoms with E-state index in [-0.39, 0.29) is 11.3 Å². The molecule has 7 nitrogen and oxygen atoms in total. The van der Waals surface area contributed by atoms with Crippen LogP contribution < -0.4 is 14.8 Å². The second-order valence-electron chi connectivity index (χ2n) is 7.69. The standard InChI is InChI=1S/C23H27N3O4S/c1-26-20(13-19(25-26)18-12-17(28-2)4-5-21(18)29-3)22(27)24-15-23(7-9-30-10-8-23)16-6-11-31-14-16/h4-6,11-14H,7-10,15H2,1-3H3,(H,24,27). The predicted octanol–water partition coefficient (Wildman–Crippen LogP) is 3.64. The average molecular weight is 442 g/mol. The van der Waals surface area contributed by atoms with Gasteiger partial charge in [0, 0.05) is 37.8 Å². The SMILES string of the molecule is COc1ccc(OC)c(-c2cc(C(=O)NCC3(c4ccsc4)CCOCC3)n(C)n2)c1. The summed E-state index contributed by atoms with van der Waals surface area (Å²) in [5.74, 6) is 1.22. The second-order valence-corrected chi connectivity index (χ2v) is 8.47. The Morgan fingerprint density at radius 1 is 1.23 bits per heavy atom. The van der Waals surface area contributed by atoms with E-state index in [1.807, 2.05) is 18.2 Å². The highest BCUT2D eigenvalue weighted by Gasteiger charge is 2.35. The molecule has 1 amide bonds. The summed E-state index contributed by atoms with van der Waals surface area (Å²) in [4.78, 5) is 13.1. The summed E-state index contributed by atoms with van der Waals surface area (Å²) >= 11 is 1.68. The second kappa shape index (κ2) is 9.11. The van der Waals surface area contributed by atoms with Gasteiger partial charge in [0.1, 0.15) is 17.2 Å². The Hall–Kier alpha value is -2.84. The number of hydrogen-bond acceptors (Lipinski definition) is 6. The number of aryl methyl sites for hydroxylation is 1. The molecular weight excluding hydrogens is 414 g/mol. The lowest BCUT2D eigenvalue weighted by molar-refractivity contribution is 0.0487. The zero-order valence-electron chi connectivity index (χ0n) is 18.0. The van der Waals surface area contributed by atoms with Crippen LogP contribution in [0.15, 0.2) is 41.1 Å². The maximum atomic E-state index is 13.1. The largest absolute Gasteiger partial charge is 0.497 e. The molecule has 8 heteroatoms. The number of benzene rings is 1. The van der Waals surface area contributed by atoms with Gasteiger partial charge in [0.05, 0.1) is 19.9 Å². The minimum absolute atomic E-state index is 0.0919. The third-order valence-electron chi connectivity index (χ3n) is 5.97. The van der Waals surface area contributed by atoms with Crippen LogP contribution in [0.3, 0.4) is 0 Å². The van der Waals surface area contributed by atoms with Gasteiger partial charge in [0.15, 0.2) is 0 Å². The zero-order valence-corrected chi connectivity index (χ0v) is 18.8. The van der Waals surface area contributed by atoms with E-state index in [4.69, 9.17) is 14.2 Å². The molecule has 0 aliphatic carbocycles. The summed E-state index contributed by atoms with van der Waals surface area (Å²) in [5.41, 5.74) is 3.10. The Morgan fingerprint density at radius 3 is 2.71 bits per heavy atom. The average Bonchev–Trinajstić information content (AvgIpc) is 3.48. The van der Waals surface area contributed by atoms with Crippen molar-refractivity contribution < 1.29 is 19.0 Å². The summed E-state index contributed by atoms with van der Waals surface area (Å²) < 4.78 is 18.0. The van der Waals surface area contributed by atoms with Crippen molar-refractivity contribution in [1.29, 1.82) is 0 Å². The lowest BCUT2D eigenvalue weighted by atomic mass is 9.75. The third kappa shape index (κ3) is 4.31. The topological polar surface area (TPSA) is 74.6 Å². The lowest BCUT2D eigenvalue weighted by Crippen LogP contribution is -2.44. The van der Waals surface area contributed by atoms with Gasteiger partial charge >= 0.3 is 0 Å². The minimum atomic E-state index is -0.149. The highest BCUT2D eigenvalue weighted by atomic mass is 32.1. The van der Waals surface area contributed by atoms with Crippen LogP contribution >= 0.6 is 11.3 Å². The number of aromatic nitrogens is 2. The van der Waals surface area contributed by atoms with Crippen LogP contribution in [-0.2, 0) is 17.2 Å². The monoisotopic (exact) mass is 441 g/mol. The van der Waals surface area contributed by atoms with Gasteiger partial charge in [-0.05, 0) is 59.5 Å². The van der Waals surface area contributed by atoms with Crippen molar-refractivity contribution in [2.24, 2.45) is 7.05 Å². The molecule has 3 heterocycles. The van der Waals surface area contributed by atoms with Crippen molar-refractivity contribution in [3.63, 3.8) is 0 Å². The fourth-order valence-electron chi connectivity index (χ4n) is 4.06. The number of hydrogen-bond donors (Lipinski definition) is 1. The Labute approximate surface area is 185 Å². The van der Waals surface area contributed by atoms with E-state index in [2.05, 4.69) is 27.2 Å². The van der Waals surface area contributed by atoms with Crippen molar-refractivity contribution in [2.75, 3.05) is 34.0 Å². The molecule has 0 radical (unpaired) electrons. The molecule has 1 aliphatic heterocycles. The van der Waals surface area contributed by atoms with Crippen molar-refractivity contribution in [1.82, 2.24) is 15.1 Å². The molecule has 2 aromatic heterocycles. The number of nitrogens with zero attached hydrogens (tertiary/aromatic N) is 2. The fourth-order valence-corrected chi connectivity index (χ4v) is 4.84. The Kier molecular flexibility index (Phi) is 6.29. The van der Waals surface area contributed by atoms with Gasteiger partial charge in [-0.3, -0.25) is 9.48 Å². The van der Waals surface area contributed by atoms with Gasteiger partial charge in [-0.15, -0.1) is 0 Å². The van der Waals surface area contributed by atoms with E-state index in [1.54, 1.807) is 43.4 Å². The number of ether oxygens (including phenoxy) is 3. The van der Waals surface area contributed by atoms with Gasteiger partial charge < -0.3 is 19.5 Å². The van der Waals surface area contributed by atoms with Crippen LogP contribution in [-0.4, -0.2) is 49.7 Å². The minimum Gasteiger partial charge on any atom is -0.497 e. The number of carbonyl (C=O) groups excluding carboxylic acids is 1. The molecule has 3 aromatic rings. The van der Waals surface area contributed by atoms with E-state index < -0.39 is 0 Å². The molecular formula is C23H27N3O4S. The Morgan fingerprint density at radius 2 is 2.03 bits per heavy atom. The number of carbonyl (C=O) groups is 1. The van der Waals surface area contributed by atoms with E-state index in [0.29, 0.717) is 42.6 Å². The molecule has 1 aromatic carbocycles. The summed E-state index contributed by atoms with van der Waals surface area (Å²) in [6, 6.07) is 9.46. The van der Waals surface area contributed by atoms with Gasteiger partial charge in [-0.2, -0.15) is 16.4 Å². The molecule has 1 saturated heterocycles. The van der Waals surface area contributed by atoms with Crippen LogP contribution in [0, 0.1) is 0 Å². The zero-order chi connectivity index (χ0) is 21.8. The highest BCUT2D eigenvalue weighted by Crippen LogP contribution is 2.36. The van der Waals surface area contributed by atoms with E-state index in [1.165, 1.54) is 5.56 Å². The number of amides is 1. The smallest absolute Gasteiger partial charge is 0.269 e. The normalized spacial score (nSPS) is 15.5. The van der Waals surface area contributed by atoms with Crippen molar-refractivity contribution in [3.8, 4) is 22.8 Å². The quantitative estimate of drug-likeness (QED) is 0.606. The van der Waals surface area contributed by atoms with Crippen molar-refractivity contribution in [3.05, 3.63) is 52.3 Å². The number of nitrogens with one attached hydrogen (secondary N) is 1. The van der Waals surface area contributed by atoms with E-state index in [9.17, 15) is 4.79 Å². The van der Waals surface area contributed by atoms with E-state index in [0.717, 1.165) is 18.4 Å². The van der Waals surface area contributed by atoms with Gasteiger partial charge in [-0.25, -0.2) is 0 Å². The van der Waals surface area contributed by atoms with Gasteiger partial charge in [0.2, 0.25) is 0 Å². The molecule has 0 unspecified atom stereocenters. The number of methoxy groups -OCH3 is 2. The first-order valence-corrected chi connectivity index (χ1v) is 11.2. The molecule has 1 aliphatic rings. The molecule has 0 atom stereocenters. The lowest BCUT2D eigenvalue weighted by Gasteiger charge is -2.37. The molecule has 0 spiro atoms. The first-order chi connectivity index (χ1) is 15.1. The summed E-state index contributed by atoms with van der Waals surface area (Å²) in [7, 11) is 5.00. The maximum absolute atomic E-state index is 13.1. The molecule has 0 saturated carbocycles. The molecule has 1 fully saturated rings. The number of thiophene rings is 1. The first kappa shape index (κ1) is 21.4. The van der Waals surface area contributed by atoms with Crippen molar-refractivity contribution >= 4 is 17.2 Å². The van der Waals surface area contributed by atoms with Crippen LogP contribution in [0.25, 0.3) is 11.3 Å². The van der Waals surface area contributed by atoms with Crippen LogP contribution in [0.2, 0.25) is 0 Å². The third-order valence-corrected chi connectivity index (χ3v) is 6.65. The maximum Gasteiger partial charge on any atom is 0.269 e. The summed E-state index contributed by atoms with van der Waals surface area (Å²) in [6.07, 6.45) is 1.78. The highest BCUT2D eigenvalue weighted by molar-refractivity contribution is 7.08. The molecule has 164 valence electrons.